The van der Waals surface area contributed by atoms with Crippen LogP contribution in [-0.4, -0.2) is 16.5 Å². The van der Waals surface area contributed by atoms with Crippen LogP contribution in [0.4, 0.5) is 11.8 Å². The van der Waals surface area contributed by atoms with Crippen LogP contribution in [0.25, 0.3) is 0 Å². The molecule has 2 aromatic rings. The number of nitrogens with two attached hydrogens (primary N) is 1. The zero-order valence-corrected chi connectivity index (χ0v) is 12.2. The second-order valence-electron chi connectivity index (χ2n) is 4.39. The molecule has 0 fully saturated rings. The molecule has 1 heterocycles. The number of aryl methyl sites for hydroxylation is 1. The number of nitrogens with one attached hydrogen (secondary N) is 1. The Morgan fingerprint density at radius 1 is 1.30 bits per heavy atom. The molecule has 0 saturated carbocycles. The lowest BCUT2D eigenvalue weighted by Crippen LogP contribution is -2.05. The highest BCUT2D eigenvalue weighted by molar-refractivity contribution is 6.30. The summed E-state index contributed by atoms with van der Waals surface area (Å²) in [6.07, 6.45) is 0.996. The molecule has 0 unspecified atom stereocenters. The summed E-state index contributed by atoms with van der Waals surface area (Å²) in [6, 6.07) is 7.12. The van der Waals surface area contributed by atoms with Gasteiger partial charge in [0.15, 0.2) is 0 Å². The molecule has 3 N–H and O–H groups in total. The Labute approximate surface area is 123 Å². The van der Waals surface area contributed by atoms with Gasteiger partial charge in [-0.1, -0.05) is 18.5 Å². The second kappa shape index (κ2) is 6.43. The van der Waals surface area contributed by atoms with Gasteiger partial charge in [-0.05, 0) is 37.1 Å². The van der Waals surface area contributed by atoms with E-state index in [4.69, 9.17) is 22.1 Å². The molecule has 0 aliphatic rings. The van der Waals surface area contributed by atoms with Gasteiger partial charge < -0.3 is 15.8 Å². The minimum Gasteiger partial charge on any atom is -0.439 e. The van der Waals surface area contributed by atoms with Crippen LogP contribution < -0.4 is 15.8 Å². The molecular weight excluding hydrogens is 276 g/mol. The largest absolute Gasteiger partial charge is 0.439 e. The van der Waals surface area contributed by atoms with Crippen LogP contribution in [0, 0.1) is 6.92 Å². The van der Waals surface area contributed by atoms with Crippen molar-refractivity contribution < 1.29 is 4.74 Å². The van der Waals surface area contributed by atoms with Crippen LogP contribution in [0.1, 0.15) is 18.9 Å². The van der Waals surface area contributed by atoms with E-state index in [1.165, 1.54) is 0 Å². The lowest BCUT2D eigenvalue weighted by molar-refractivity contribution is 0.459. The van der Waals surface area contributed by atoms with Gasteiger partial charge in [-0.3, -0.25) is 0 Å². The lowest BCUT2D eigenvalue weighted by Gasteiger charge is -2.10. The van der Waals surface area contributed by atoms with E-state index in [-0.39, 0.29) is 5.95 Å². The van der Waals surface area contributed by atoms with Crippen molar-refractivity contribution in [2.45, 2.75) is 20.3 Å². The number of anilines is 2. The quantitative estimate of drug-likeness (QED) is 0.880. The van der Waals surface area contributed by atoms with E-state index in [0.29, 0.717) is 22.5 Å². The minimum atomic E-state index is 0.174. The third kappa shape index (κ3) is 3.74. The normalized spacial score (nSPS) is 10.3. The maximum Gasteiger partial charge on any atom is 0.226 e. The van der Waals surface area contributed by atoms with E-state index >= 15 is 0 Å². The van der Waals surface area contributed by atoms with Crippen LogP contribution in [-0.2, 0) is 0 Å². The highest BCUT2D eigenvalue weighted by Gasteiger charge is 2.07. The van der Waals surface area contributed by atoms with E-state index in [2.05, 4.69) is 22.2 Å². The van der Waals surface area contributed by atoms with Gasteiger partial charge in [0.25, 0.3) is 0 Å². The van der Waals surface area contributed by atoms with E-state index < -0.39 is 0 Å². The predicted molar refractivity (Wildman–Crippen MR) is 81.5 cm³/mol. The molecule has 5 nitrogen and oxygen atoms in total. The summed E-state index contributed by atoms with van der Waals surface area (Å²) in [4.78, 5) is 8.18. The van der Waals surface area contributed by atoms with Crippen molar-refractivity contribution in [2.75, 3.05) is 17.6 Å². The fourth-order valence-corrected chi connectivity index (χ4v) is 1.91. The maximum absolute atomic E-state index is 5.92. The van der Waals surface area contributed by atoms with E-state index in [1.807, 2.05) is 13.0 Å². The van der Waals surface area contributed by atoms with Crippen LogP contribution in [0.15, 0.2) is 24.3 Å². The Morgan fingerprint density at radius 3 is 2.80 bits per heavy atom. The topological polar surface area (TPSA) is 73.1 Å². The Bertz CT molecular complexity index is 604. The van der Waals surface area contributed by atoms with E-state index in [0.717, 1.165) is 18.5 Å². The van der Waals surface area contributed by atoms with Crippen molar-refractivity contribution >= 4 is 23.4 Å². The standard InChI is InChI=1S/C14H17ClN4O/c1-3-6-17-12-8-13(19-14(16)18-12)20-11-5-4-10(15)7-9(11)2/h4-5,7-8H,3,6H2,1-2H3,(H3,16,17,18,19). The van der Waals surface area contributed by atoms with Gasteiger partial charge in [-0.2, -0.15) is 9.97 Å². The number of rotatable bonds is 5. The summed E-state index contributed by atoms with van der Waals surface area (Å²) in [6.45, 7) is 4.81. The van der Waals surface area contributed by atoms with Crippen molar-refractivity contribution in [1.82, 2.24) is 9.97 Å². The number of hydrogen-bond donors (Lipinski definition) is 2. The SMILES string of the molecule is CCCNc1cc(Oc2ccc(Cl)cc2C)nc(N)n1. The number of halogens is 1. The van der Waals surface area contributed by atoms with Crippen molar-refractivity contribution in [1.29, 1.82) is 0 Å². The summed E-state index contributed by atoms with van der Waals surface area (Å²) in [5.41, 5.74) is 6.61. The lowest BCUT2D eigenvalue weighted by atomic mass is 10.2. The van der Waals surface area contributed by atoms with Gasteiger partial charge in [-0.15, -0.1) is 0 Å². The van der Waals surface area contributed by atoms with Gasteiger partial charge in [0.05, 0.1) is 0 Å². The first kappa shape index (κ1) is 14.4. The Balaban J connectivity index is 2.21. The molecule has 0 spiro atoms. The fraction of sp³-hybridized carbons (Fsp3) is 0.286. The highest BCUT2D eigenvalue weighted by atomic mass is 35.5. The molecule has 0 bridgehead atoms. The Kier molecular flexibility index (Phi) is 4.63. The molecule has 6 heteroatoms. The number of ether oxygens (including phenoxy) is 1. The van der Waals surface area contributed by atoms with Gasteiger partial charge in [0, 0.05) is 17.6 Å². The molecule has 0 aliphatic carbocycles. The summed E-state index contributed by atoms with van der Waals surface area (Å²) in [5.74, 6) is 1.92. The molecule has 1 aromatic heterocycles. The minimum absolute atomic E-state index is 0.174. The first-order valence-electron chi connectivity index (χ1n) is 6.41. The molecular formula is C14H17ClN4O. The summed E-state index contributed by atoms with van der Waals surface area (Å²) in [7, 11) is 0. The number of hydrogen-bond acceptors (Lipinski definition) is 5. The molecule has 106 valence electrons. The molecule has 0 aliphatic heterocycles. The van der Waals surface area contributed by atoms with E-state index in [9.17, 15) is 0 Å². The smallest absolute Gasteiger partial charge is 0.226 e. The molecule has 0 radical (unpaired) electrons. The van der Waals surface area contributed by atoms with Gasteiger partial charge >= 0.3 is 0 Å². The van der Waals surface area contributed by atoms with Gasteiger partial charge in [-0.25, -0.2) is 0 Å². The summed E-state index contributed by atoms with van der Waals surface area (Å²) >= 11 is 5.92. The van der Waals surface area contributed by atoms with Crippen molar-refractivity contribution in [3.8, 4) is 11.6 Å². The molecule has 0 amide bonds. The van der Waals surface area contributed by atoms with Gasteiger partial charge in [0.2, 0.25) is 11.8 Å². The molecule has 20 heavy (non-hydrogen) atoms. The Hall–Kier alpha value is -2.01. The van der Waals surface area contributed by atoms with Gasteiger partial charge in [0.1, 0.15) is 11.6 Å². The molecule has 2 rings (SSSR count). The maximum atomic E-state index is 5.92. The Morgan fingerprint density at radius 2 is 2.10 bits per heavy atom. The number of nitrogen functional groups attached to an aromatic ring is 1. The molecule has 0 saturated heterocycles. The van der Waals surface area contributed by atoms with E-state index in [1.54, 1.807) is 18.2 Å². The second-order valence-corrected chi connectivity index (χ2v) is 4.82. The third-order valence-electron chi connectivity index (χ3n) is 2.63. The number of aromatic nitrogens is 2. The average Bonchev–Trinajstić information content (AvgIpc) is 2.39. The first-order valence-corrected chi connectivity index (χ1v) is 6.78. The average molecular weight is 293 g/mol. The zero-order valence-electron chi connectivity index (χ0n) is 11.5. The van der Waals surface area contributed by atoms with Crippen LogP contribution in [0.3, 0.4) is 0 Å². The third-order valence-corrected chi connectivity index (χ3v) is 2.86. The summed E-state index contributed by atoms with van der Waals surface area (Å²) in [5, 5.41) is 3.82. The number of benzene rings is 1. The molecule has 1 aromatic carbocycles. The predicted octanol–water partition coefficient (Wildman–Crippen LogP) is 3.63. The van der Waals surface area contributed by atoms with Crippen molar-refractivity contribution in [3.63, 3.8) is 0 Å². The van der Waals surface area contributed by atoms with Crippen molar-refractivity contribution in [3.05, 3.63) is 34.9 Å². The highest BCUT2D eigenvalue weighted by Crippen LogP contribution is 2.27. The number of nitrogens with zero attached hydrogens (tertiary/aromatic N) is 2. The fourth-order valence-electron chi connectivity index (χ4n) is 1.68. The zero-order chi connectivity index (χ0) is 14.5. The van der Waals surface area contributed by atoms with Crippen molar-refractivity contribution in [2.24, 2.45) is 0 Å². The summed E-state index contributed by atoms with van der Waals surface area (Å²) < 4.78 is 5.74. The monoisotopic (exact) mass is 292 g/mol. The molecule has 0 atom stereocenters. The first-order chi connectivity index (χ1) is 9.58. The van der Waals surface area contributed by atoms with Crippen LogP contribution in [0.5, 0.6) is 11.6 Å². The van der Waals surface area contributed by atoms with Crippen LogP contribution in [0.2, 0.25) is 5.02 Å². The van der Waals surface area contributed by atoms with Crippen LogP contribution >= 0.6 is 11.6 Å².